The molecule has 1 N–H and O–H groups in total. The van der Waals surface area contributed by atoms with Crippen LogP contribution >= 0.6 is 0 Å². The van der Waals surface area contributed by atoms with E-state index in [1.165, 1.54) is 12.1 Å². The number of hydrogen-bond acceptors (Lipinski definition) is 3. The molecule has 1 aromatic rings. The number of benzene rings is 1. The Bertz CT molecular complexity index is 381. The van der Waals surface area contributed by atoms with Crippen molar-refractivity contribution in [2.75, 3.05) is 24.6 Å². The summed E-state index contributed by atoms with van der Waals surface area (Å²) in [5.41, 5.74) is 1.28. The van der Waals surface area contributed by atoms with Crippen LogP contribution in [0.25, 0.3) is 0 Å². The largest absolute Gasteiger partial charge is 0.494 e. The summed E-state index contributed by atoms with van der Waals surface area (Å²) in [6.07, 6.45) is 1.17. The van der Waals surface area contributed by atoms with Crippen molar-refractivity contribution in [1.82, 2.24) is 5.32 Å². The highest BCUT2D eigenvalue weighted by molar-refractivity contribution is 5.52. The van der Waals surface area contributed by atoms with Gasteiger partial charge >= 0.3 is 0 Å². The van der Waals surface area contributed by atoms with Crippen LogP contribution < -0.4 is 15.0 Å². The number of rotatable bonds is 4. The van der Waals surface area contributed by atoms with Crippen LogP contribution in [0.15, 0.2) is 24.3 Å². The Morgan fingerprint density at radius 1 is 1.39 bits per heavy atom. The summed E-state index contributed by atoms with van der Waals surface area (Å²) in [6, 6.07) is 9.58. The first-order valence-corrected chi connectivity index (χ1v) is 6.97. The number of anilines is 1. The van der Waals surface area contributed by atoms with Crippen molar-refractivity contribution >= 4 is 5.69 Å². The summed E-state index contributed by atoms with van der Waals surface area (Å²) in [5.74, 6) is 0.969. The minimum atomic E-state index is 0.545. The summed E-state index contributed by atoms with van der Waals surface area (Å²) in [6.45, 7) is 9.37. The average Bonchev–Trinajstić information content (AvgIpc) is 2.39. The highest BCUT2D eigenvalue weighted by Gasteiger charge is 2.24. The predicted octanol–water partition coefficient (Wildman–Crippen LogP) is 2.66. The number of hydrogen-bond donors (Lipinski definition) is 1. The van der Waals surface area contributed by atoms with Crippen LogP contribution in [0, 0.1) is 0 Å². The van der Waals surface area contributed by atoms with Crippen LogP contribution in [0.5, 0.6) is 5.75 Å². The molecule has 1 heterocycles. The Morgan fingerprint density at radius 3 is 2.94 bits per heavy atom. The third-order valence-electron chi connectivity index (χ3n) is 3.54. The fraction of sp³-hybridized carbons (Fsp3) is 0.600. The van der Waals surface area contributed by atoms with Crippen LogP contribution in [0.4, 0.5) is 5.69 Å². The molecule has 1 fully saturated rings. The molecular formula is C15H24N2O. The van der Waals surface area contributed by atoms with Gasteiger partial charge in [-0.25, -0.2) is 0 Å². The highest BCUT2D eigenvalue weighted by atomic mass is 16.5. The molecule has 0 saturated carbocycles. The van der Waals surface area contributed by atoms with Gasteiger partial charge in [0.25, 0.3) is 0 Å². The van der Waals surface area contributed by atoms with Crippen molar-refractivity contribution in [2.24, 2.45) is 0 Å². The molecule has 2 unspecified atom stereocenters. The third kappa shape index (κ3) is 2.96. The zero-order valence-corrected chi connectivity index (χ0v) is 11.6. The van der Waals surface area contributed by atoms with Crippen molar-refractivity contribution in [3.63, 3.8) is 0 Å². The summed E-state index contributed by atoms with van der Waals surface area (Å²) in [5, 5.41) is 3.55. The summed E-state index contributed by atoms with van der Waals surface area (Å²) in [4.78, 5) is 2.50. The molecule has 0 spiro atoms. The van der Waals surface area contributed by atoms with Gasteiger partial charge in [0.1, 0.15) is 5.75 Å². The monoisotopic (exact) mass is 248 g/mol. The molecule has 3 nitrogen and oxygen atoms in total. The molecular weight excluding hydrogens is 224 g/mol. The third-order valence-corrected chi connectivity index (χ3v) is 3.54. The lowest BCUT2D eigenvalue weighted by Gasteiger charge is -2.40. The van der Waals surface area contributed by atoms with Gasteiger partial charge < -0.3 is 15.0 Å². The minimum Gasteiger partial charge on any atom is -0.494 e. The van der Waals surface area contributed by atoms with Crippen LogP contribution in [0.3, 0.4) is 0 Å². The molecule has 0 radical (unpaired) electrons. The fourth-order valence-corrected chi connectivity index (χ4v) is 2.56. The Kier molecular flexibility index (Phi) is 4.48. The van der Waals surface area contributed by atoms with Crippen LogP contribution in [0.1, 0.15) is 27.2 Å². The SMILES string of the molecule is CCOc1cccc(N2CC(C)NCC2CC)c1. The lowest BCUT2D eigenvalue weighted by molar-refractivity contribution is 0.339. The van der Waals surface area contributed by atoms with E-state index in [0.717, 1.165) is 25.4 Å². The lowest BCUT2D eigenvalue weighted by Crippen LogP contribution is -2.55. The van der Waals surface area contributed by atoms with Crippen molar-refractivity contribution in [3.8, 4) is 5.75 Å². The standard InChI is InChI=1S/C15H24N2O/c1-4-13-10-16-12(3)11-17(13)14-7-6-8-15(9-14)18-5-2/h6-9,12-13,16H,4-5,10-11H2,1-3H3. The van der Waals surface area contributed by atoms with Gasteiger partial charge in [0.05, 0.1) is 6.61 Å². The molecule has 2 atom stereocenters. The molecule has 0 aromatic heterocycles. The molecule has 1 aromatic carbocycles. The Labute approximate surface area is 110 Å². The smallest absolute Gasteiger partial charge is 0.121 e. The quantitative estimate of drug-likeness (QED) is 0.886. The van der Waals surface area contributed by atoms with E-state index in [0.29, 0.717) is 12.1 Å². The second kappa shape index (κ2) is 6.10. The minimum absolute atomic E-state index is 0.545. The molecule has 0 bridgehead atoms. The summed E-state index contributed by atoms with van der Waals surface area (Å²) in [7, 11) is 0. The van der Waals surface area contributed by atoms with E-state index >= 15 is 0 Å². The maximum Gasteiger partial charge on any atom is 0.121 e. The van der Waals surface area contributed by atoms with Gasteiger partial charge in [-0.3, -0.25) is 0 Å². The molecule has 1 aliphatic rings. The number of piperazine rings is 1. The van der Waals surface area contributed by atoms with Gasteiger partial charge in [-0.05, 0) is 32.4 Å². The average molecular weight is 248 g/mol. The van der Waals surface area contributed by atoms with E-state index in [-0.39, 0.29) is 0 Å². The van der Waals surface area contributed by atoms with E-state index in [1.807, 2.05) is 13.0 Å². The Morgan fingerprint density at radius 2 is 2.22 bits per heavy atom. The maximum atomic E-state index is 5.59. The first kappa shape index (κ1) is 13.2. The van der Waals surface area contributed by atoms with Gasteiger partial charge in [0, 0.05) is 36.9 Å². The lowest BCUT2D eigenvalue weighted by atomic mass is 10.1. The van der Waals surface area contributed by atoms with E-state index in [2.05, 4.69) is 42.3 Å². The molecule has 3 heteroatoms. The van der Waals surface area contributed by atoms with E-state index in [9.17, 15) is 0 Å². The Balaban J connectivity index is 2.19. The summed E-state index contributed by atoms with van der Waals surface area (Å²) >= 11 is 0. The van der Waals surface area contributed by atoms with Gasteiger partial charge in [0.2, 0.25) is 0 Å². The zero-order chi connectivity index (χ0) is 13.0. The van der Waals surface area contributed by atoms with Gasteiger partial charge in [-0.15, -0.1) is 0 Å². The number of nitrogens with one attached hydrogen (secondary N) is 1. The van der Waals surface area contributed by atoms with Crippen LogP contribution in [-0.2, 0) is 0 Å². The number of nitrogens with zero attached hydrogens (tertiary/aromatic N) is 1. The van der Waals surface area contributed by atoms with Crippen molar-refractivity contribution < 1.29 is 4.74 Å². The summed E-state index contributed by atoms with van der Waals surface area (Å²) < 4.78 is 5.59. The van der Waals surface area contributed by atoms with Crippen LogP contribution in [-0.4, -0.2) is 31.8 Å². The van der Waals surface area contributed by atoms with E-state index < -0.39 is 0 Å². The highest BCUT2D eigenvalue weighted by Crippen LogP contribution is 2.25. The molecule has 1 aliphatic heterocycles. The predicted molar refractivity (Wildman–Crippen MR) is 76.5 cm³/mol. The molecule has 0 amide bonds. The molecule has 18 heavy (non-hydrogen) atoms. The van der Waals surface area contributed by atoms with Gasteiger partial charge in [-0.2, -0.15) is 0 Å². The van der Waals surface area contributed by atoms with E-state index in [1.54, 1.807) is 0 Å². The second-order valence-corrected chi connectivity index (χ2v) is 4.95. The zero-order valence-electron chi connectivity index (χ0n) is 11.6. The first-order valence-electron chi connectivity index (χ1n) is 6.97. The van der Waals surface area contributed by atoms with Gasteiger partial charge in [-0.1, -0.05) is 13.0 Å². The van der Waals surface area contributed by atoms with Crippen molar-refractivity contribution in [1.29, 1.82) is 0 Å². The van der Waals surface area contributed by atoms with Gasteiger partial charge in [0.15, 0.2) is 0 Å². The first-order chi connectivity index (χ1) is 8.74. The second-order valence-electron chi connectivity index (χ2n) is 4.95. The van der Waals surface area contributed by atoms with Crippen molar-refractivity contribution in [3.05, 3.63) is 24.3 Å². The molecule has 0 aliphatic carbocycles. The van der Waals surface area contributed by atoms with Crippen LogP contribution in [0.2, 0.25) is 0 Å². The van der Waals surface area contributed by atoms with E-state index in [4.69, 9.17) is 4.74 Å². The topological polar surface area (TPSA) is 24.5 Å². The fourth-order valence-electron chi connectivity index (χ4n) is 2.56. The molecule has 2 rings (SSSR count). The molecule has 1 saturated heterocycles. The Hall–Kier alpha value is -1.22. The maximum absolute atomic E-state index is 5.59. The van der Waals surface area contributed by atoms with Crippen molar-refractivity contribution in [2.45, 2.75) is 39.3 Å². The number of ether oxygens (including phenoxy) is 1. The molecule has 100 valence electrons. The normalized spacial score (nSPS) is 24.1.